The van der Waals surface area contributed by atoms with Crippen LogP contribution >= 0.6 is 0 Å². The second-order valence-corrected chi connectivity index (χ2v) is 7.77. The van der Waals surface area contributed by atoms with E-state index >= 15 is 0 Å². The predicted molar refractivity (Wildman–Crippen MR) is 87.9 cm³/mol. The highest BCUT2D eigenvalue weighted by Crippen LogP contribution is 2.29. The average Bonchev–Trinajstić information content (AvgIpc) is 2.56. The Labute approximate surface area is 132 Å². The van der Waals surface area contributed by atoms with E-state index in [0.29, 0.717) is 31.1 Å². The van der Waals surface area contributed by atoms with Crippen LogP contribution in [0.15, 0.2) is 23.1 Å². The quantitative estimate of drug-likeness (QED) is 0.819. The molecule has 22 heavy (non-hydrogen) atoms. The third-order valence-corrected chi connectivity index (χ3v) is 6.21. The SMILES string of the molecule is Cc1ccc(S(=O)(=O)N2CCNCC2)c(N2CCNCC2)c1. The molecule has 0 atom stereocenters. The maximum absolute atomic E-state index is 13.0. The van der Waals surface area contributed by atoms with E-state index in [1.54, 1.807) is 10.4 Å². The van der Waals surface area contributed by atoms with Gasteiger partial charge in [-0.2, -0.15) is 4.31 Å². The lowest BCUT2D eigenvalue weighted by atomic mass is 10.2. The number of rotatable bonds is 3. The zero-order valence-electron chi connectivity index (χ0n) is 13.0. The molecule has 0 amide bonds. The summed E-state index contributed by atoms with van der Waals surface area (Å²) in [6, 6.07) is 5.66. The molecule has 6 nitrogen and oxygen atoms in total. The number of hydrogen-bond acceptors (Lipinski definition) is 5. The third-order valence-electron chi connectivity index (χ3n) is 4.27. The van der Waals surface area contributed by atoms with Crippen LogP contribution < -0.4 is 15.5 Å². The second-order valence-electron chi connectivity index (χ2n) is 5.86. The van der Waals surface area contributed by atoms with Crippen LogP contribution in [0.4, 0.5) is 5.69 Å². The van der Waals surface area contributed by atoms with Crippen LogP contribution in [0.3, 0.4) is 0 Å². The molecule has 0 aromatic heterocycles. The summed E-state index contributed by atoms with van der Waals surface area (Å²) >= 11 is 0. The standard InChI is InChI=1S/C15H24N4O2S/c1-13-2-3-15(14(12-13)18-8-4-16-5-9-18)22(20,21)19-10-6-17-7-11-19/h2-3,12,16-17H,4-11H2,1H3. The van der Waals surface area contributed by atoms with E-state index in [1.165, 1.54) is 0 Å². The van der Waals surface area contributed by atoms with Crippen molar-refractivity contribution in [3.63, 3.8) is 0 Å². The van der Waals surface area contributed by atoms with Crippen molar-refractivity contribution in [1.29, 1.82) is 0 Å². The highest BCUT2D eigenvalue weighted by Gasteiger charge is 2.30. The van der Waals surface area contributed by atoms with E-state index in [1.807, 2.05) is 19.1 Å². The van der Waals surface area contributed by atoms with Gasteiger partial charge in [0.25, 0.3) is 0 Å². The average molecular weight is 324 g/mol. The monoisotopic (exact) mass is 324 g/mol. The number of nitrogens with one attached hydrogen (secondary N) is 2. The number of nitrogens with zero attached hydrogens (tertiary/aromatic N) is 2. The Bertz CT molecular complexity index is 620. The van der Waals surface area contributed by atoms with Crippen LogP contribution in [0, 0.1) is 6.92 Å². The number of aryl methyl sites for hydroxylation is 1. The van der Waals surface area contributed by atoms with Gasteiger partial charge < -0.3 is 15.5 Å². The number of sulfonamides is 1. The molecular weight excluding hydrogens is 300 g/mol. The van der Waals surface area contributed by atoms with Gasteiger partial charge in [0.05, 0.1) is 5.69 Å². The molecule has 0 bridgehead atoms. The molecule has 2 heterocycles. The van der Waals surface area contributed by atoms with Crippen molar-refractivity contribution in [2.24, 2.45) is 0 Å². The van der Waals surface area contributed by atoms with Gasteiger partial charge in [-0.05, 0) is 24.6 Å². The lowest BCUT2D eigenvalue weighted by Crippen LogP contribution is -2.47. The maximum Gasteiger partial charge on any atom is 0.245 e. The zero-order chi connectivity index (χ0) is 15.6. The van der Waals surface area contributed by atoms with E-state index in [4.69, 9.17) is 0 Å². The van der Waals surface area contributed by atoms with Gasteiger partial charge in [0.15, 0.2) is 0 Å². The van der Waals surface area contributed by atoms with Crippen molar-refractivity contribution in [1.82, 2.24) is 14.9 Å². The van der Waals surface area contributed by atoms with Crippen molar-refractivity contribution in [2.45, 2.75) is 11.8 Å². The number of anilines is 1. The molecule has 0 radical (unpaired) electrons. The molecule has 2 fully saturated rings. The largest absolute Gasteiger partial charge is 0.368 e. The van der Waals surface area contributed by atoms with E-state index in [9.17, 15) is 8.42 Å². The number of piperazine rings is 2. The lowest BCUT2D eigenvalue weighted by molar-refractivity contribution is 0.360. The summed E-state index contributed by atoms with van der Waals surface area (Å²) in [4.78, 5) is 2.63. The summed E-state index contributed by atoms with van der Waals surface area (Å²) < 4.78 is 27.6. The lowest BCUT2D eigenvalue weighted by Gasteiger charge is -2.33. The molecule has 1 aromatic rings. The second kappa shape index (κ2) is 6.54. The number of hydrogen-bond donors (Lipinski definition) is 2. The molecule has 0 spiro atoms. The first-order valence-corrected chi connectivity index (χ1v) is 9.30. The highest BCUT2D eigenvalue weighted by atomic mass is 32.2. The molecule has 0 aliphatic carbocycles. The topological polar surface area (TPSA) is 64.7 Å². The van der Waals surface area contributed by atoms with Crippen LogP contribution in [0.1, 0.15) is 5.56 Å². The molecule has 0 saturated carbocycles. The van der Waals surface area contributed by atoms with Gasteiger partial charge in [-0.15, -0.1) is 0 Å². The molecule has 3 rings (SSSR count). The maximum atomic E-state index is 13.0. The Balaban J connectivity index is 1.98. The molecular formula is C15H24N4O2S. The van der Waals surface area contributed by atoms with Gasteiger partial charge in [-0.25, -0.2) is 8.42 Å². The van der Waals surface area contributed by atoms with Crippen LogP contribution in [0.25, 0.3) is 0 Å². The van der Waals surface area contributed by atoms with Gasteiger partial charge in [0.1, 0.15) is 4.90 Å². The molecule has 2 aliphatic heterocycles. The van der Waals surface area contributed by atoms with E-state index in [0.717, 1.165) is 37.4 Å². The van der Waals surface area contributed by atoms with Crippen LogP contribution in [0.5, 0.6) is 0 Å². The first-order valence-electron chi connectivity index (χ1n) is 7.86. The van der Waals surface area contributed by atoms with Crippen LogP contribution in [-0.4, -0.2) is 65.1 Å². The van der Waals surface area contributed by atoms with Gasteiger partial charge >= 0.3 is 0 Å². The fourth-order valence-electron chi connectivity index (χ4n) is 3.02. The normalized spacial score (nSPS) is 21.0. The molecule has 7 heteroatoms. The van der Waals surface area contributed by atoms with Crippen molar-refractivity contribution >= 4 is 15.7 Å². The van der Waals surface area contributed by atoms with Crippen molar-refractivity contribution < 1.29 is 8.42 Å². The minimum Gasteiger partial charge on any atom is -0.368 e. The molecule has 0 unspecified atom stereocenters. The Morgan fingerprint density at radius 1 is 0.955 bits per heavy atom. The number of benzene rings is 1. The highest BCUT2D eigenvalue weighted by molar-refractivity contribution is 7.89. The minimum absolute atomic E-state index is 0.446. The molecule has 1 aromatic carbocycles. The van der Waals surface area contributed by atoms with Crippen molar-refractivity contribution in [3.05, 3.63) is 23.8 Å². The molecule has 122 valence electrons. The third kappa shape index (κ3) is 3.12. The van der Waals surface area contributed by atoms with Crippen LogP contribution in [-0.2, 0) is 10.0 Å². The fourth-order valence-corrected chi connectivity index (χ4v) is 4.66. The summed E-state index contributed by atoms with van der Waals surface area (Å²) in [6.07, 6.45) is 0. The van der Waals surface area contributed by atoms with Crippen molar-refractivity contribution in [3.8, 4) is 0 Å². The van der Waals surface area contributed by atoms with Gasteiger partial charge in [0, 0.05) is 52.4 Å². The molecule has 2 N–H and O–H groups in total. The summed E-state index contributed by atoms with van der Waals surface area (Å²) in [7, 11) is -3.43. The zero-order valence-corrected chi connectivity index (χ0v) is 13.8. The van der Waals surface area contributed by atoms with Crippen LogP contribution in [0.2, 0.25) is 0 Å². The smallest absolute Gasteiger partial charge is 0.245 e. The van der Waals surface area contributed by atoms with E-state index < -0.39 is 10.0 Å². The van der Waals surface area contributed by atoms with Crippen molar-refractivity contribution in [2.75, 3.05) is 57.3 Å². The summed E-state index contributed by atoms with van der Waals surface area (Å²) in [5.74, 6) is 0. The van der Waals surface area contributed by atoms with Gasteiger partial charge in [0.2, 0.25) is 10.0 Å². The Kier molecular flexibility index (Phi) is 4.67. The fraction of sp³-hybridized carbons (Fsp3) is 0.600. The van der Waals surface area contributed by atoms with E-state index in [2.05, 4.69) is 15.5 Å². The minimum atomic E-state index is -3.43. The predicted octanol–water partition coefficient (Wildman–Crippen LogP) is -0.00148. The van der Waals surface area contributed by atoms with Gasteiger partial charge in [-0.3, -0.25) is 0 Å². The summed E-state index contributed by atoms with van der Waals surface area (Å²) in [5, 5.41) is 6.51. The van der Waals surface area contributed by atoms with E-state index in [-0.39, 0.29) is 0 Å². The Morgan fingerprint density at radius 3 is 2.18 bits per heavy atom. The first kappa shape index (κ1) is 15.7. The van der Waals surface area contributed by atoms with Gasteiger partial charge in [-0.1, -0.05) is 6.07 Å². The Hall–Kier alpha value is -1.15. The summed E-state index contributed by atoms with van der Waals surface area (Å²) in [6.45, 7) is 7.98. The first-order chi connectivity index (χ1) is 10.6. The Morgan fingerprint density at radius 2 is 1.55 bits per heavy atom. The molecule has 2 saturated heterocycles. The molecule has 2 aliphatic rings. The summed E-state index contributed by atoms with van der Waals surface area (Å²) in [5.41, 5.74) is 1.94.